The second-order valence-electron chi connectivity index (χ2n) is 5.78. The van der Waals surface area contributed by atoms with Crippen LogP contribution in [0.25, 0.3) is 0 Å². The summed E-state index contributed by atoms with van der Waals surface area (Å²) in [4.78, 5) is 7.14. The largest absolute Gasteiger partial charge is 0.496 e. The van der Waals surface area contributed by atoms with E-state index >= 15 is 0 Å². The number of hydrogen-bond donors (Lipinski definition) is 2. The number of para-hydroxylation sites is 1. The third-order valence-electron chi connectivity index (χ3n) is 4.17. The summed E-state index contributed by atoms with van der Waals surface area (Å²) in [6.07, 6.45) is 0.903. The van der Waals surface area contributed by atoms with Gasteiger partial charge in [0.15, 0.2) is 5.96 Å². The van der Waals surface area contributed by atoms with Crippen molar-refractivity contribution in [3.8, 4) is 5.75 Å². The van der Waals surface area contributed by atoms with Crippen molar-refractivity contribution >= 4 is 5.96 Å². The van der Waals surface area contributed by atoms with E-state index in [0.29, 0.717) is 6.04 Å². The highest BCUT2D eigenvalue weighted by atomic mass is 16.5. The lowest BCUT2D eigenvalue weighted by molar-refractivity contribution is 0.237. The fraction of sp³-hybridized carbons (Fsp3) is 0.632. The van der Waals surface area contributed by atoms with E-state index in [0.717, 1.165) is 50.9 Å². The summed E-state index contributed by atoms with van der Waals surface area (Å²) in [5.41, 5.74) is 1.21. The first-order valence-electron chi connectivity index (χ1n) is 9.04. The Kier molecular flexibility index (Phi) is 9.92. The average Bonchev–Trinajstić information content (AvgIpc) is 2.61. The van der Waals surface area contributed by atoms with Gasteiger partial charge in [0, 0.05) is 19.1 Å². The van der Waals surface area contributed by atoms with Crippen molar-refractivity contribution in [2.45, 2.75) is 40.2 Å². The summed E-state index contributed by atoms with van der Waals surface area (Å²) in [5.74, 6) is 1.82. The average molecular weight is 335 g/mol. The summed E-state index contributed by atoms with van der Waals surface area (Å²) < 4.78 is 5.40. The molecule has 0 saturated heterocycles. The molecule has 1 rings (SSSR count). The summed E-state index contributed by atoms with van der Waals surface area (Å²) in [6.45, 7) is 13.3. The van der Waals surface area contributed by atoms with E-state index in [1.165, 1.54) is 5.56 Å². The van der Waals surface area contributed by atoms with Crippen LogP contribution in [0, 0.1) is 0 Å². The van der Waals surface area contributed by atoms with Gasteiger partial charge in [0.25, 0.3) is 0 Å². The van der Waals surface area contributed by atoms with Gasteiger partial charge >= 0.3 is 0 Å². The van der Waals surface area contributed by atoms with E-state index in [-0.39, 0.29) is 0 Å². The molecule has 2 N–H and O–H groups in total. The SMILES string of the molecule is CCNC(=NCC(C)N(CC)CC)NCCc1ccccc1OC. The lowest BCUT2D eigenvalue weighted by atomic mass is 10.1. The van der Waals surface area contributed by atoms with Crippen LogP contribution in [0.3, 0.4) is 0 Å². The molecule has 0 heterocycles. The number of benzene rings is 1. The van der Waals surface area contributed by atoms with Crippen molar-refractivity contribution in [2.75, 3.05) is 39.8 Å². The molecule has 5 heteroatoms. The molecule has 0 spiro atoms. The highest BCUT2D eigenvalue weighted by Gasteiger charge is 2.09. The molecule has 0 amide bonds. The molecule has 0 aliphatic rings. The maximum Gasteiger partial charge on any atom is 0.191 e. The number of nitrogens with zero attached hydrogens (tertiary/aromatic N) is 2. The quantitative estimate of drug-likeness (QED) is 0.510. The lowest BCUT2D eigenvalue weighted by Crippen LogP contribution is -2.40. The highest BCUT2D eigenvalue weighted by molar-refractivity contribution is 5.79. The zero-order valence-corrected chi connectivity index (χ0v) is 15.9. The van der Waals surface area contributed by atoms with Crippen molar-refractivity contribution in [2.24, 2.45) is 4.99 Å². The predicted octanol–water partition coefficient (Wildman–Crippen LogP) is 2.52. The molecule has 0 radical (unpaired) electrons. The van der Waals surface area contributed by atoms with Crippen LogP contribution in [-0.2, 0) is 6.42 Å². The minimum atomic E-state index is 0.449. The van der Waals surface area contributed by atoms with Crippen molar-refractivity contribution in [3.05, 3.63) is 29.8 Å². The second kappa shape index (κ2) is 11.7. The molecule has 24 heavy (non-hydrogen) atoms. The van der Waals surface area contributed by atoms with E-state index in [1.54, 1.807) is 7.11 Å². The van der Waals surface area contributed by atoms with Crippen molar-refractivity contribution < 1.29 is 4.74 Å². The third-order valence-corrected chi connectivity index (χ3v) is 4.17. The van der Waals surface area contributed by atoms with Gasteiger partial charge in [-0.15, -0.1) is 0 Å². The van der Waals surface area contributed by atoms with Crippen LogP contribution >= 0.6 is 0 Å². The maximum absolute atomic E-state index is 5.40. The predicted molar refractivity (Wildman–Crippen MR) is 103 cm³/mol. The van der Waals surface area contributed by atoms with Crippen LogP contribution in [0.4, 0.5) is 0 Å². The first-order chi connectivity index (χ1) is 11.7. The molecule has 0 aliphatic carbocycles. The van der Waals surface area contributed by atoms with Gasteiger partial charge in [-0.25, -0.2) is 0 Å². The fourth-order valence-corrected chi connectivity index (χ4v) is 2.75. The van der Waals surface area contributed by atoms with Crippen LogP contribution in [0.1, 0.15) is 33.3 Å². The van der Waals surface area contributed by atoms with Gasteiger partial charge < -0.3 is 15.4 Å². The van der Waals surface area contributed by atoms with E-state index in [2.05, 4.69) is 49.3 Å². The zero-order valence-electron chi connectivity index (χ0n) is 15.9. The number of methoxy groups -OCH3 is 1. The minimum absolute atomic E-state index is 0.449. The number of guanidine groups is 1. The maximum atomic E-state index is 5.40. The van der Waals surface area contributed by atoms with Crippen molar-refractivity contribution in [1.82, 2.24) is 15.5 Å². The number of rotatable bonds is 10. The van der Waals surface area contributed by atoms with Gasteiger partial charge in [-0.2, -0.15) is 0 Å². The Morgan fingerprint density at radius 1 is 1.17 bits per heavy atom. The van der Waals surface area contributed by atoms with Gasteiger partial charge in [0.05, 0.1) is 13.7 Å². The molecule has 0 aliphatic heterocycles. The Bertz CT molecular complexity index is 486. The third kappa shape index (κ3) is 6.79. The molecular formula is C19H34N4O. The number of hydrogen-bond acceptors (Lipinski definition) is 3. The molecule has 0 bridgehead atoms. The van der Waals surface area contributed by atoms with Gasteiger partial charge in [-0.1, -0.05) is 32.0 Å². The standard InChI is InChI=1S/C19H34N4O/c1-6-20-19(22-15-16(4)23(7-2)8-3)21-14-13-17-11-9-10-12-18(17)24-5/h9-12,16H,6-8,13-15H2,1-5H3,(H2,20,21,22). The highest BCUT2D eigenvalue weighted by Crippen LogP contribution is 2.17. The molecule has 1 aromatic rings. The number of likely N-dealkylation sites (N-methyl/N-ethyl adjacent to an activating group) is 1. The summed E-state index contributed by atoms with van der Waals surface area (Å²) >= 11 is 0. The van der Waals surface area contributed by atoms with Gasteiger partial charge in [-0.05, 0) is 45.0 Å². The van der Waals surface area contributed by atoms with Gasteiger partial charge in [0.1, 0.15) is 5.75 Å². The normalized spacial score (nSPS) is 13.0. The molecule has 0 aromatic heterocycles. The first-order valence-corrected chi connectivity index (χ1v) is 9.04. The van der Waals surface area contributed by atoms with Gasteiger partial charge in [-0.3, -0.25) is 9.89 Å². The Hall–Kier alpha value is -1.75. The van der Waals surface area contributed by atoms with Crippen LogP contribution in [0.2, 0.25) is 0 Å². The van der Waals surface area contributed by atoms with E-state index in [4.69, 9.17) is 9.73 Å². The summed E-state index contributed by atoms with van der Waals surface area (Å²) in [7, 11) is 1.71. The molecule has 1 atom stereocenters. The van der Waals surface area contributed by atoms with Crippen molar-refractivity contribution in [1.29, 1.82) is 0 Å². The zero-order chi connectivity index (χ0) is 17.8. The number of nitrogens with one attached hydrogen (secondary N) is 2. The fourth-order valence-electron chi connectivity index (χ4n) is 2.75. The molecule has 1 unspecified atom stereocenters. The molecule has 5 nitrogen and oxygen atoms in total. The molecule has 1 aromatic carbocycles. The van der Waals surface area contributed by atoms with E-state index in [1.807, 2.05) is 18.2 Å². The first kappa shape index (κ1) is 20.3. The van der Waals surface area contributed by atoms with Crippen LogP contribution in [-0.4, -0.2) is 56.7 Å². The number of ether oxygens (including phenoxy) is 1. The topological polar surface area (TPSA) is 48.9 Å². The monoisotopic (exact) mass is 334 g/mol. The Labute approximate surface area is 147 Å². The molecule has 136 valence electrons. The van der Waals surface area contributed by atoms with E-state index < -0.39 is 0 Å². The Morgan fingerprint density at radius 3 is 2.50 bits per heavy atom. The van der Waals surface area contributed by atoms with Crippen molar-refractivity contribution in [3.63, 3.8) is 0 Å². The molecule has 0 fully saturated rings. The summed E-state index contributed by atoms with van der Waals surface area (Å²) in [6, 6.07) is 8.59. The van der Waals surface area contributed by atoms with Crippen LogP contribution < -0.4 is 15.4 Å². The van der Waals surface area contributed by atoms with Gasteiger partial charge in [0.2, 0.25) is 0 Å². The van der Waals surface area contributed by atoms with Crippen LogP contribution in [0.15, 0.2) is 29.3 Å². The molecule has 0 saturated carbocycles. The molecular weight excluding hydrogens is 300 g/mol. The lowest BCUT2D eigenvalue weighted by Gasteiger charge is -2.25. The minimum Gasteiger partial charge on any atom is -0.496 e. The summed E-state index contributed by atoms with van der Waals surface area (Å²) in [5, 5.41) is 6.73. The Morgan fingerprint density at radius 2 is 1.88 bits per heavy atom. The Balaban J connectivity index is 2.54. The second-order valence-corrected chi connectivity index (χ2v) is 5.78. The smallest absolute Gasteiger partial charge is 0.191 e. The van der Waals surface area contributed by atoms with Crippen LogP contribution in [0.5, 0.6) is 5.75 Å². The number of aliphatic imine (C=N–C) groups is 1. The van der Waals surface area contributed by atoms with E-state index in [9.17, 15) is 0 Å².